The Morgan fingerprint density at radius 2 is 1.54 bits per heavy atom. The van der Waals surface area contributed by atoms with Gasteiger partial charge in [0.1, 0.15) is 5.58 Å². The second-order valence-electron chi connectivity index (χ2n) is 16.1. The molecule has 3 aromatic heterocycles. The van der Waals surface area contributed by atoms with E-state index in [-0.39, 0.29) is 25.7 Å². The van der Waals surface area contributed by atoms with Crippen molar-refractivity contribution in [1.29, 1.82) is 0 Å². The van der Waals surface area contributed by atoms with E-state index < -0.39 is 26.7 Å². The summed E-state index contributed by atoms with van der Waals surface area (Å²) in [6.45, 7) is 10.1. The van der Waals surface area contributed by atoms with Crippen LogP contribution in [0.4, 0.5) is 0 Å². The molecule has 0 bridgehead atoms. The summed E-state index contributed by atoms with van der Waals surface area (Å²) in [4.78, 5) is 9.65. The fraction of sp³-hybridized carbons (Fsp3) is 0.176. The molecule has 6 heteroatoms. The Labute approximate surface area is 358 Å². The molecule has 3 heterocycles. The molecule has 287 valence electrons. The van der Waals surface area contributed by atoms with Crippen LogP contribution in [-0.4, -0.2) is 22.6 Å². The number of rotatable bonds is 6. The number of para-hydroxylation sites is 4. The largest absolute Gasteiger partial charge is 0.501 e. The van der Waals surface area contributed by atoms with Crippen LogP contribution in [0.2, 0.25) is 19.6 Å². The van der Waals surface area contributed by atoms with Crippen molar-refractivity contribution in [3.8, 4) is 39.5 Å². The van der Waals surface area contributed by atoms with Crippen molar-refractivity contribution < 1.29 is 31.4 Å². The topological polar surface area (TPSA) is 43.9 Å². The Bertz CT molecular complexity index is 3020. The third kappa shape index (κ3) is 8.36. The number of furan rings is 1. The van der Waals surface area contributed by atoms with E-state index in [1.54, 1.807) is 18.3 Å². The zero-order chi connectivity index (χ0) is 43.3. The molecule has 6 aromatic carbocycles. The summed E-state index contributed by atoms with van der Waals surface area (Å²) < 4.78 is 48.6. The van der Waals surface area contributed by atoms with Crippen LogP contribution in [0.3, 0.4) is 0 Å². The first-order valence-electron chi connectivity index (χ1n) is 21.4. The van der Waals surface area contributed by atoms with Crippen molar-refractivity contribution in [3.63, 3.8) is 0 Å². The number of aromatic nitrogens is 3. The molecule has 0 aliphatic carbocycles. The van der Waals surface area contributed by atoms with E-state index >= 15 is 0 Å². The molecule has 0 aliphatic rings. The summed E-state index contributed by atoms with van der Waals surface area (Å²) in [7, 11) is -1.81. The van der Waals surface area contributed by atoms with E-state index in [0.717, 1.165) is 66.4 Å². The number of imidazole rings is 1. The van der Waals surface area contributed by atoms with Crippen LogP contribution in [0.1, 0.15) is 38.8 Å². The van der Waals surface area contributed by atoms with E-state index in [1.807, 2.05) is 63.2 Å². The molecular formula is C51H47IrN3OSi-2. The molecule has 0 N–H and O–H groups in total. The Hall–Kier alpha value is -5.39. The summed E-state index contributed by atoms with van der Waals surface area (Å²) in [6.07, 6.45) is 0.269. The van der Waals surface area contributed by atoms with Gasteiger partial charge in [0.15, 0.2) is 0 Å². The average molecular weight is 943 g/mol. The van der Waals surface area contributed by atoms with Gasteiger partial charge in [-0.25, -0.2) is 0 Å². The van der Waals surface area contributed by atoms with Gasteiger partial charge in [-0.2, -0.15) is 0 Å². The maximum atomic E-state index is 8.79. The molecule has 4 nitrogen and oxygen atoms in total. The fourth-order valence-electron chi connectivity index (χ4n) is 7.12. The Morgan fingerprint density at radius 1 is 0.807 bits per heavy atom. The minimum absolute atomic E-state index is 0. The summed E-state index contributed by atoms with van der Waals surface area (Å²) >= 11 is 0. The quantitative estimate of drug-likeness (QED) is 0.123. The predicted octanol–water partition coefficient (Wildman–Crippen LogP) is 13.0. The van der Waals surface area contributed by atoms with Crippen LogP contribution < -0.4 is 5.19 Å². The Kier molecular flexibility index (Phi) is 9.60. The van der Waals surface area contributed by atoms with E-state index in [0.29, 0.717) is 16.8 Å². The van der Waals surface area contributed by atoms with Gasteiger partial charge in [0.25, 0.3) is 0 Å². The smallest absolute Gasteiger partial charge is 0.120 e. The van der Waals surface area contributed by atoms with Gasteiger partial charge in [0.05, 0.1) is 30.5 Å². The monoisotopic (exact) mass is 943 g/mol. The molecule has 9 rings (SSSR count). The predicted molar refractivity (Wildman–Crippen MR) is 237 cm³/mol. The van der Waals surface area contributed by atoms with Gasteiger partial charge in [0.2, 0.25) is 0 Å². The minimum atomic E-state index is -2.17. The van der Waals surface area contributed by atoms with Crippen LogP contribution >= 0.6 is 0 Å². The molecule has 0 saturated heterocycles. The zero-order valence-electron chi connectivity index (χ0n) is 37.9. The second-order valence-corrected chi connectivity index (χ2v) is 21.1. The fourth-order valence-corrected chi connectivity index (χ4v) is 8.51. The van der Waals surface area contributed by atoms with Crippen LogP contribution in [0.15, 0.2) is 150 Å². The van der Waals surface area contributed by atoms with Crippen LogP contribution in [0.5, 0.6) is 0 Å². The van der Waals surface area contributed by atoms with Crippen molar-refractivity contribution >= 4 is 46.2 Å². The third-order valence-electron chi connectivity index (χ3n) is 9.66. The van der Waals surface area contributed by atoms with Gasteiger partial charge in [-0.1, -0.05) is 149 Å². The van der Waals surface area contributed by atoms with E-state index in [4.69, 9.17) is 16.3 Å². The summed E-state index contributed by atoms with van der Waals surface area (Å²) in [5.74, 6) is 0.814. The Balaban J connectivity index is 0.000000189. The first-order chi connectivity index (χ1) is 28.9. The van der Waals surface area contributed by atoms with Gasteiger partial charge in [0, 0.05) is 49.8 Å². The second kappa shape index (κ2) is 16.2. The Morgan fingerprint density at radius 3 is 2.30 bits per heavy atom. The molecule has 0 fully saturated rings. The third-order valence-corrected chi connectivity index (χ3v) is 11.7. The van der Waals surface area contributed by atoms with Gasteiger partial charge in [-0.15, -0.1) is 53.6 Å². The molecule has 0 spiro atoms. The number of pyridine rings is 1. The average Bonchev–Trinajstić information content (AvgIpc) is 3.82. The number of hydrogen-bond donors (Lipinski definition) is 0. The number of fused-ring (bicyclic) bond motifs is 4. The summed E-state index contributed by atoms with van der Waals surface area (Å²) in [5.41, 5.74) is 9.47. The van der Waals surface area contributed by atoms with Gasteiger partial charge < -0.3 is 14.0 Å². The van der Waals surface area contributed by atoms with Gasteiger partial charge in [-0.3, -0.25) is 4.98 Å². The van der Waals surface area contributed by atoms with Crippen molar-refractivity contribution in [1.82, 2.24) is 14.5 Å². The van der Waals surface area contributed by atoms with E-state index in [2.05, 4.69) is 120 Å². The van der Waals surface area contributed by atoms with Crippen LogP contribution in [0, 0.1) is 24.4 Å². The summed E-state index contributed by atoms with van der Waals surface area (Å²) in [6, 6.07) is 52.3. The standard InChI is InChI=1S/C31H19N2O.C20H28NSi.Ir/c1-2-11-21(12-3-1)22-13-4-7-18-27(22)33-28-19-8-6-17-26(28)32-31(33)25-16-10-15-24-23-14-5-9-20-29(23)34-30(24)25;1-15-8-10-16(11-9-15)18-12-17(13-20(2,3)4)19(14-21-18)22(5,6)7;/h1-15,17-20H;8-10,12,14H,13H2,1-7H3;/q2*-1;/i;1D3,13D2;. The molecule has 0 unspecified atom stereocenters. The van der Waals surface area contributed by atoms with Gasteiger partial charge >= 0.3 is 0 Å². The molecular weight excluding hydrogens is 891 g/mol. The molecule has 9 aromatic rings. The molecule has 0 aliphatic heterocycles. The normalized spacial score (nSPS) is 13.5. The molecule has 0 atom stereocenters. The molecule has 1 radical (unpaired) electrons. The SMILES string of the molecule is [2H]C([2H])([2H])c1c[c-]c(-c2cc(C([2H])([2H])C(C)(C)C)c([Si](C)(C)C)cn2)cc1.[Ir].[c-]1ccc2c(oc3ccccc32)c1-c1nc2ccccc2n1-c1ccccc1-c1ccccc1. The molecule has 0 amide bonds. The number of nitrogens with zero attached hydrogens (tertiary/aromatic N) is 3. The van der Waals surface area contributed by atoms with E-state index in [9.17, 15) is 0 Å². The number of aryl methyl sites for hydroxylation is 1. The number of benzene rings is 6. The van der Waals surface area contributed by atoms with Crippen molar-refractivity contribution in [2.75, 3.05) is 0 Å². The maximum absolute atomic E-state index is 8.79. The molecule has 57 heavy (non-hydrogen) atoms. The van der Waals surface area contributed by atoms with Crippen molar-refractivity contribution in [2.24, 2.45) is 5.41 Å². The van der Waals surface area contributed by atoms with Crippen molar-refractivity contribution in [3.05, 3.63) is 169 Å². The number of hydrogen-bond acceptors (Lipinski definition) is 3. The van der Waals surface area contributed by atoms with Crippen LogP contribution in [-0.2, 0) is 26.5 Å². The maximum Gasteiger partial charge on any atom is 0.120 e. The van der Waals surface area contributed by atoms with Crippen LogP contribution in [0.25, 0.3) is 72.4 Å². The molecule has 0 saturated carbocycles. The minimum Gasteiger partial charge on any atom is -0.501 e. The zero-order valence-corrected chi connectivity index (χ0v) is 36.3. The summed E-state index contributed by atoms with van der Waals surface area (Å²) in [5, 5.41) is 3.17. The van der Waals surface area contributed by atoms with E-state index in [1.165, 1.54) is 6.07 Å². The first kappa shape index (κ1) is 33.7. The van der Waals surface area contributed by atoms with Crippen molar-refractivity contribution in [2.45, 2.75) is 53.6 Å². The van der Waals surface area contributed by atoms with Gasteiger partial charge in [-0.05, 0) is 52.5 Å². The first-order valence-corrected chi connectivity index (χ1v) is 22.4.